The Balaban J connectivity index is 1.37. The van der Waals surface area contributed by atoms with Crippen LogP contribution in [0.2, 0.25) is 0 Å². The van der Waals surface area contributed by atoms with Crippen LogP contribution in [0.15, 0.2) is 73.2 Å². The van der Waals surface area contributed by atoms with Crippen molar-refractivity contribution in [1.29, 1.82) is 0 Å². The molecule has 0 aliphatic carbocycles. The Morgan fingerprint density at radius 3 is 2.20 bits per heavy atom. The number of ether oxygens (including phenoxy) is 1. The molecule has 10 heteroatoms. The highest BCUT2D eigenvalue weighted by atomic mass is 19.4. The van der Waals surface area contributed by atoms with Gasteiger partial charge in [0.1, 0.15) is 5.75 Å². The highest BCUT2D eigenvalue weighted by molar-refractivity contribution is 5.99. The molecule has 4 rings (SSSR count). The summed E-state index contributed by atoms with van der Waals surface area (Å²) in [5.74, 6) is 0.215. The zero-order valence-electron chi connectivity index (χ0n) is 15.2. The molecule has 0 spiro atoms. The molecule has 2 N–H and O–H groups in total. The summed E-state index contributed by atoms with van der Waals surface area (Å²) in [4.78, 5) is 20.7. The Labute approximate surface area is 168 Å². The molecule has 2 aromatic heterocycles. The minimum Gasteiger partial charge on any atom is -0.406 e. The van der Waals surface area contributed by atoms with Gasteiger partial charge in [-0.2, -0.15) is 0 Å². The number of anilines is 2. The number of imidazole rings is 1. The molecule has 0 fully saturated rings. The van der Waals surface area contributed by atoms with E-state index in [1.54, 1.807) is 40.9 Å². The Kier molecular flexibility index (Phi) is 4.97. The number of aromatic nitrogens is 3. The van der Waals surface area contributed by atoms with Crippen LogP contribution in [0, 0.1) is 0 Å². The van der Waals surface area contributed by atoms with Crippen LogP contribution in [-0.4, -0.2) is 26.8 Å². The molecule has 152 valence electrons. The van der Waals surface area contributed by atoms with E-state index in [0.29, 0.717) is 17.2 Å². The molecule has 0 saturated carbocycles. The number of hydrogen-bond acceptors (Lipinski definition) is 4. The first kappa shape index (κ1) is 19.2. The van der Waals surface area contributed by atoms with Gasteiger partial charge in [0.15, 0.2) is 0 Å². The second kappa shape index (κ2) is 7.74. The van der Waals surface area contributed by atoms with Crippen molar-refractivity contribution in [2.75, 3.05) is 10.6 Å². The van der Waals surface area contributed by atoms with E-state index in [1.165, 1.54) is 12.1 Å². The van der Waals surface area contributed by atoms with Gasteiger partial charge in [0.25, 0.3) is 0 Å². The Bertz CT molecular complexity index is 1140. The lowest BCUT2D eigenvalue weighted by Crippen LogP contribution is -2.19. The van der Waals surface area contributed by atoms with Crippen molar-refractivity contribution in [3.63, 3.8) is 0 Å². The SMILES string of the molecule is O=C(Nc1ccc(OC(F)(F)F)cc1)Nc1ccc(-c2cn3cccnc3n2)cc1. The number of carbonyl (C=O) groups is 1. The molecule has 0 saturated heterocycles. The molecule has 7 nitrogen and oxygen atoms in total. The van der Waals surface area contributed by atoms with E-state index in [1.807, 2.05) is 12.4 Å². The van der Waals surface area contributed by atoms with Crippen LogP contribution in [0.3, 0.4) is 0 Å². The van der Waals surface area contributed by atoms with E-state index in [-0.39, 0.29) is 5.75 Å². The van der Waals surface area contributed by atoms with Crippen LogP contribution >= 0.6 is 0 Å². The summed E-state index contributed by atoms with van der Waals surface area (Å²) in [6, 6.07) is 13.1. The molecule has 0 atom stereocenters. The maximum atomic E-state index is 12.2. The van der Waals surface area contributed by atoms with Gasteiger partial charge in [-0.3, -0.25) is 4.40 Å². The number of nitrogens with one attached hydrogen (secondary N) is 2. The van der Waals surface area contributed by atoms with Gasteiger partial charge in [-0.1, -0.05) is 12.1 Å². The molecule has 2 heterocycles. The third-order valence-corrected chi connectivity index (χ3v) is 4.02. The monoisotopic (exact) mass is 413 g/mol. The molecule has 0 bridgehead atoms. The van der Waals surface area contributed by atoms with Crippen LogP contribution in [0.1, 0.15) is 0 Å². The lowest BCUT2D eigenvalue weighted by atomic mass is 10.1. The van der Waals surface area contributed by atoms with Gasteiger partial charge in [-0.25, -0.2) is 14.8 Å². The lowest BCUT2D eigenvalue weighted by molar-refractivity contribution is -0.274. The van der Waals surface area contributed by atoms with E-state index in [4.69, 9.17) is 0 Å². The van der Waals surface area contributed by atoms with Gasteiger partial charge in [-0.15, -0.1) is 13.2 Å². The van der Waals surface area contributed by atoms with E-state index >= 15 is 0 Å². The first-order chi connectivity index (χ1) is 14.4. The maximum Gasteiger partial charge on any atom is 0.573 e. The number of rotatable bonds is 4. The van der Waals surface area contributed by atoms with Crippen LogP contribution in [0.25, 0.3) is 17.0 Å². The van der Waals surface area contributed by atoms with Gasteiger partial charge < -0.3 is 15.4 Å². The minimum atomic E-state index is -4.77. The fourth-order valence-corrected chi connectivity index (χ4v) is 2.73. The molecule has 0 unspecified atom stereocenters. The van der Waals surface area contributed by atoms with Crippen LogP contribution in [0.4, 0.5) is 29.3 Å². The quantitative estimate of drug-likeness (QED) is 0.497. The lowest BCUT2D eigenvalue weighted by Gasteiger charge is -2.10. The van der Waals surface area contributed by atoms with Crippen LogP contribution < -0.4 is 15.4 Å². The number of hydrogen-bond donors (Lipinski definition) is 2. The highest BCUT2D eigenvalue weighted by Gasteiger charge is 2.30. The largest absolute Gasteiger partial charge is 0.573 e. The number of urea groups is 1. The zero-order chi connectivity index (χ0) is 21.1. The maximum absolute atomic E-state index is 12.2. The van der Waals surface area contributed by atoms with Crippen molar-refractivity contribution in [2.24, 2.45) is 0 Å². The predicted molar refractivity (Wildman–Crippen MR) is 104 cm³/mol. The number of amides is 2. The Morgan fingerprint density at radius 2 is 1.60 bits per heavy atom. The van der Waals surface area contributed by atoms with Gasteiger partial charge in [0, 0.05) is 35.5 Å². The molecule has 30 heavy (non-hydrogen) atoms. The van der Waals surface area contributed by atoms with Crippen molar-refractivity contribution in [3.05, 3.63) is 73.2 Å². The standard InChI is InChI=1S/C20H14F3N5O2/c21-20(22,23)30-16-8-6-15(7-9-16)26-19(29)25-14-4-2-13(3-5-14)17-12-28-11-1-10-24-18(28)27-17/h1-12H,(H2,25,26,29). The number of benzene rings is 2. The molecule has 0 aliphatic rings. The second-order valence-electron chi connectivity index (χ2n) is 6.18. The molecule has 2 aromatic carbocycles. The zero-order valence-corrected chi connectivity index (χ0v) is 15.2. The Hall–Kier alpha value is -4.08. The second-order valence-corrected chi connectivity index (χ2v) is 6.18. The third kappa shape index (κ3) is 4.66. The Morgan fingerprint density at radius 1 is 0.967 bits per heavy atom. The summed E-state index contributed by atoms with van der Waals surface area (Å²) in [6.45, 7) is 0. The highest BCUT2D eigenvalue weighted by Crippen LogP contribution is 2.24. The van der Waals surface area contributed by atoms with E-state index in [9.17, 15) is 18.0 Å². The van der Waals surface area contributed by atoms with E-state index < -0.39 is 12.4 Å². The fourth-order valence-electron chi connectivity index (χ4n) is 2.73. The van der Waals surface area contributed by atoms with Gasteiger partial charge in [0.05, 0.1) is 5.69 Å². The number of alkyl halides is 3. The van der Waals surface area contributed by atoms with Crippen molar-refractivity contribution in [3.8, 4) is 17.0 Å². The van der Waals surface area contributed by atoms with Crippen molar-refractivity contribution in [1.82, 2.24) is 14.4 Å². The summed E-state index contributed by atoms with van der Waals surface area (Å²) in [5, 5.41) is 5.18. The number of carbonyl (C=O) groups excluding carboxylic acids is 1. The summed E-state index contributed by atoms with van der Waals surface area (Å²) in [5.41, 5.74) is 2.45. The molecule has 0 aliphatic heterocycles. The normalized spacial score (nSPS) is 11.3. The van der Waals surface area contributed by atoms with Crippen LogP contribution in [-0.2, 0) is 0 Å². The number of nitrogens with zero attached hydrogens (tertiary/aromatic N) is 3. The van der Waals surface area contributed by atoms with Crippen LogP contribution in [0.5, 0.6) is 5.75 Å². The molecule has 4 aromatic rings. The topological polar surface area (TPSA) is 80.5 Å². The number of halogens is 3. The summed E-state index contributed by atoms with van der Waals surface area (Å²) < 4.78 is 42.1. The molecular formula is C20H14F3N5O2. The molecule has 0 radical (unpaired) electrons. The van der Waals surface area contributed by atoms with Gasteiger partial charge >= 0.3 is 12.4 Å². The van der Waals surface area contributed by atoms with E-state index in [2.05, 4.69) is 25.3 Å². The minimum absolute atomic E-state index is 0.316. The van der Waals surface area contributed by atoms with Crippen molar-refractivity contribution < 1.29 is 22.7 Å². The average molecular weight is 413 g/mol. The molecular weight excluding hydrogens is 399 g/mol. The predicted octanol–water partition coefficient (Wildman–Crippen LogP) is 4.94. The summed E-state index contributed by atoms with van der Waals surface area (Å²) in [7, 11) is 0. The van der Waals surface area contributed by atoms with Crippen molar-refractivity contribution in [2.45, 2.75) is 6.36 Å². The summed E-state index contributed by atoms with van der Waals surface area (Å²) in [6.07, 6.45) is 0.595. The third-order valence-electron chi connectivity index (χ3n) is 4.02. The average Bonchev–Trinajstić information content (AvgIpc) is 3.13. The fraction of sp³-hybridized carbons (Fsp3) is 0.0500. The summed E-state index contributed by atoms with van der Waals surface area (Å²) >= 11 is 0. The molecule has 2 amide bonds. The van der Waals surface area contributed by atoms with Gasteiger partial charge in [-0.05, 0) is 42.5 Å². The number of fused-ring (bicyclic) bond motifs is 1. The smallest absolute Gasteiger partial charge is 0.406 e. The first-order valence-corrected chi connectivity index (χ1v) is 8.70. The first-order valence-electron chi connectivity index (χ1n) is 8.70. The van der Waals surface area contributed by atoms with Gasteiger partial charge in [0.2, 0.25) is 5.78 Å². The van der Waals surface area contributed by atoms with Crippen molar-refractivity contribution >= 4 is 23.2 Å². The van der Waals surface area contributed by atoms with E-state index in [0.717, 1.165) is 23.4 Å².